The van der Waals surface area contributed by atoms with Crippen molar-refractivity contribution in [2.24, 2.45) is 0 Å². The summed E-state index contributed by atoms with van der Waals surface area (Å²) in [4.78, 5) is 53.0. The summed E-state index contributed by atoms with van der Waals surface area (Å²) in [7, 11) is 0. The molecule has 7 heteroatoms. The largest absolute Gasteiger partial charge is 0.342 e. The second-order valence-corrected chi connectivity index (χ2v) is 8.25. The van der Waals surface area contributed by atoms with E-state index in [4.69, 9.17) is 0 Å². The summed E-state index contributed by atoms with van der Waals surface area (Å²) in [6.45, 7) is 5.61. The molecular weight excluding hydrogens is 454 g/mol. The number of nitrogens with one attached hydrogen (secondary N) is 2. The predicted octanol–water partition coefficient (Wildman–Crippen LogP) is 4.21. The predicted molar refractivity (Wildman–Crippen MR) is 143 cm³/mol. The summed E-state index contributed by atoms with van der Waals surface area (Å²) in [5.74, 6) is -0.445. The van der Waals surface area contributed by atoms with Crippen LogP contribution in [0.15, 0.2) is 107 Å². The van der Waals surface area contributed by atoms with Gasteiger partial charge in [0.25, 0.3) is 11.5 Å². The van der Waals surface area contributed by atoms with E-state index in [1.54, 1.807) is 18.2 Å². The summed E-state index contributed by atoms with van der Waals surface area (Å²) in [6, 6.07) is 16.4. The van der Waals surface area contributed by atoms with Crippen LogP contribution in [0.3, 0.4) is 0 Å². The Kier molecular flexibility index (Phi) is 7.20. The van der Waals surface area contributed by atoms with Gasteiger partial charge in [-0.15, -0.1) is 0 Å². The Morgan fingerprint density at radius 1 is 1.08 bits per heavy atom. The van der Waals surface area contributed by atoms with E-state index in [1.165, 1.54) is 24.3 Å². The summed E-state index contributed by atoms with van der Waals surface area (Å²) < 4.78 is 1.04. The van der Waals surface area contributed by atoms with Gasteiger partial charge in [0.05, 0.1) is 22.6 Å². The van der Waals surface area contributed by atoms with Crippen LogP contribution in [0.4, 0.5) is 0 Å². The Morgan fingerprint density at radius 3 is 2.42 bits per heavy atom. The average molecular weight is 480 g/mol. The van der Waals surface area contributed by atoms with Gasteiger partial charge >= 0.3 is 5.69 Å². The highest BCUT2D eigenvalue weighted by Gasteiger charge is 2.15. The lowest BCUT2D eigenvalue weighted by atomic mass is 10.1. The first-order valence-electron chi connectivity index (χ1n) is 11.4. The van der Waals surface area contributed by atoms with Gasteiger partial charge in [-0.2, -0.15) is 0 Å². The molecule has 0 spiro atoms. The molecule has 0 aliphatic heterocycles. The van der Waals surface area contributed by atoms with Gasteiger partial charge in [-0.1, -0.05) is 55.1 Å². The second-order valence-electron chi connectivity index (χ2n) is 8.25. The zero-order chi connectivity index (χ0) is 25.7. The molecule has 3 aromatic carbocycles. The van der Waals surface area contributed by atoms with Gasteiger partial charge in [0.15, 0.2) is 0 Å². The van der Waals surface area contributed by atoms with Crippen LogP contribution in [-0.2, 0) is 4.79 Å². The number of allylic oxidation sites excluding steroid dienone is 4. The maximum atomic E-state index is 13.2. The van der Waals surface area contributed by atoms with Gasteiger partial charge in [0.1, 0.15) is 6.29 Å². The Morgan fingerprint density at radius 2 is 1.78 bits per heavy atom. The molecule has 4 rings (SSSR count). The fourth-order valence-electron chi connectivity index (χ4n) is 3.98. The van der Waals surface area contributed by atoms with Crippen LogP contribution in [0.25, 0.3) is 27.4 Å². The lowest BCUT2D eigenvalue weighted by Gasteiger charge is -2.14. The highest BCUT2D eigenvalue weighted by molar-refractivity contribution is 5.97. The number of aromatic amines is 1. The van der Waals surface area contributed by atoms with Crippen molar-refractivity contribution in [3.05, 3.63) is 124 Å². The Hall–Kier alpha value is -4.78. The van der Waals surface area contributed by atoms with Crippen molar-refractivity contribution in [1.82, 2.24) is 14.9 Å². The van der Waals surface area contributed by atoms with Gasteiger partial charge in [-0.3, -0.25) is 9.59 Å². The molecule has 0 bridgehead atoms. The second kappa shape index (κ2) is 10.7. The molecule has 2 N–H and O–H groups in total. The Balaban J connectivity index is 1.61. The van der Waals surface area contributed by atoms with Crippen molar-refractivity contribution in [3.8, 4) is 5.69 Å². The number of aldehydes is 1. The van der Waals surface area contributed by atoms with Gasteiger partial charge in [0.2, 0.25) is 0 Å². The molecule has 1 heterocycles. The molecule has 1 unspecified atom stereocenters. The summed E-state index contributed by atoms with van der Waals surface area (Å²) in [5.41, 5.74) is 0.845. The molecule has 0 aliphatic rings. The monoisotopic (exact) mass is 479 g/mol. The molecule has 36 heavy (non-hydrogen) atoms. The van der Waals surface area contributed by atoms with E-state index in [0.717, 1.165) is 20.9 Å². The number of nitrogens with zero attached hydrogens (tertiary/aromatic N) is 1. The third-order valence-electron chi connectivity index (χ3n) is 5.85. The highest BCUT2D eigenvalue weighted by Crippen LogP contribution is 2.19. The maximum Gasteiger partial charge on any atom is 0.333 e. The third kappa shape index (κ3) is 5.00. The molecular formula is C29H25N3O4. The van der Waals surface area contributed by atoms with E-state index in [2.05, 4.69) is 16.9 Å². The van der Waals surface area contributed by atoms with Crippen LogP contribution in [-0.4, -0.2) is 27.8 Å². The van der Waals surface area contributed by atoms with Crippen LogP contribution in [0.2, 0.25) is 0 Å². The van der Waals surface area contributed by atoms with Gasteiger partial charge in [-0.05, 0) is 66.1 Å². The van der Waals surface area contributed by atoms with E-state index in [0.29, 0.717) is 34.9 Å². The molecule has 1 amide bonds. The van der Waals surface area contributed by atoms with E-state index < -0.39 is 23.2 Å². The topological polar surface area (TPSA) is 101 Å². The Bertz CT molecular complexity index is 1640. The number of amides is 1. The number of carbonyl (C=O) groups excluding carboxylic acids is 2. The molecule has 0 saturated carbocycles. The first-order valence-corrected chi connectivity index (χ1v) is 11.4. The van der Waals surface area contributed by atoms with Crippen molar-refractivity contribution in [1.29, 1.82) is 0 Å². The number of benzene rings is 3. The first kappa shape index (κ1) is 24.3. The van der Waals surface area contributed by atoms with Crippen molar-refractivity contribution in [2.45, 2.75) is 19.4 Å². The van der Waals surface area contributed by atoms with Crippen molar-refractivity contribution in [3.63, 3.8) is 0 Å². The molecule has 1 atom stereocenters. The smallest absolute Gasteiger partial charge is 0.333 e. The molecule has 1 aromatic heterocycles. The molecule has 0 radical (unpaired) electrons. The normalized spacial score (nSPS) is 12.6. The summed E-state index contributed by atoms with van der Waals surface area (Å²) >= 11 is 0. The standard InChI is InChI=1S/C29H25N3O4/c1-3-5-8-19(4-2)15-23(18-33)30-27(34)20-11-13-24(14-12-20)32-28(35)25-16-21-9-6-7-10-22(21)17-26(25)31-29(32)36/h3-14,16-18,23H,2,15H2,1H3,(H,30,34)(H,31,36)/b5-3-,19-8+. The molecule has 4 aromatic rings. The molecule has 7 nitrogen and oxygen atoms in total. The quantitative estimate of drug-likeness (QED) is 0.225. The average Bonchev–Trinajstić information content (AvgIpc) is 2.89. The number of rotatable bonds is 8. The lowest BCUT2D eigenvalue weighted by Crippen LogP contribution is -2.36. The molecule has 0 fully saturated rings. The van der Waals surface area contributed by atoms with E-state index >= 15 is 0 Å². The van der Waals surface area contributed by atoms with Crippen molar-refractivity contribution < 1.29 is 9.59 Å². The summed E-state index contributed by atoms with van der Waals surface area (Å²) in [6.07, 6.45) is 8.13. The van der Waals surface area contributed by atoms with Crippen LogP contribution in [0.1, 0.15) is 23.7 Å². The first-order chi connectivity index (χ1) is 17.4. The van der Waals surface area contributed by atoms with Gasteiger partial charge < -0.3 is 15.1 Å². The number of carbonyl (C=O) groups is 2. The Labute approximate surface area is 207 Å². The minimum absolute atomic E-state index is 0.291. The van der Waals surface area contributed by atoms with Crippen LogP contribution >= 0.6 is 0 Å². The molecule has 180 valence electrons. The number of H-pyrrole nitrogens is 1. The van der Waals surface area contributed by atoms with E-state index in [9.17, 15) is 19.2 Å². The zero-order valence-corrected chi connectivity index (χ0v) is 19.7. The number of fused-ring (bicyclic) bond motifs is 2. The summed E-state index contributed by atoms with van der Waals surface area (Å²) in [5, 5.41) is 4.88. The van der Waals surface area contributed by atoms with E-state index in [-0.39, 0.29) is 0 Å². The highest BCUT2D eigenvalue weighted by atomic mass is 16.2. The number of hydrogen-bond donors (Lipinski definition) is 2. The SMILES string of the molecule is C=C/C(=C\C=C/C)CC(C=O)NC(=O)c1ccc(-n2c(=O)[nH]c3cc4ccccc4cc3c2=O)cc1. The molecule has 0 saturated heterocycles. The van der Waals surface area contributed by atoms with Crippen LogP contribution < -0.4 is 16.6 Å². The number of hydrogen-bond acceptors (Lipinski definition) is 4. The maximum absolute atomic E-state index is 13.2. The van der Waals surface area contributed by atoms with Crippen LogP contribution in [0.5, 0.6) is 0 Å². The van der Waals surface area contributed by atoms with Gasteiger partial charge in [-0.25, -0.2) is 9.36 Å². The fraction of sp³-hybridized carbons (Fsp3) is 0.103. The minimum atomic E-state index is -0.729. The fourth-order valence-corrected chi connectivity index (χ4v) is 3.98. The lowest BCUT2D eigenvalue weighted by molar-refractivity contribution is -0.109. The van der Waals surface area contributed by atoms with Crippen LogP contribution in [0, 0.1) is 0 Å². The molecule has 0 aliphatic carbocycles. The zero-order valence-electron chi connectivity index (χ0n) is 19.7. The van der Waals surface area contributed by atoms with Crippen molar-refractivity contribution in [2.75, 3.05) is 0 Å². The minimum Gasteiger partial charge on any atom is -0.342 e. The van der Waals surface area contributed by atoms with Crippen molar-refractivity contribution >= 4 is 33.9 Å². The number of aromatic nitrogens is 2. The van der Waals surface area contributed by atoms with E-state index in [1.807, 2.05) is 49.4 Å². The third-order valence-corrected chi connectivity index (χ3v) is 5.85. The van der Waals surface area contributed by atoms with Gasteiger partial charge in [0, 0.05) is 5.56 Å².